The molecule has 0 amide bonds. The maximum absolute atomic E-state index is 9.11. The van der Waals surface area contributed by atoms with E-state index in [9.17, 15) is 0 Å². The molecule has 84 valence electrons. The fourth-order valence-electron chi connectivity index (χ4n) is 1.18. The second kappa shape index (κ2) is 4.03. The Kier molecular flexibility index (Phi) is 2.90. The maximum atomic E-state index is 9.11. The number of hydrogen-bond donors (Lipinski definition) is 3. The topological polar surface area (TPSA) is 78.3 Å². The molecule has 2 rings (SSSR count). The van der Waals surface area contributed by atoms with E-state index in [2.05, 4.69) is 14.7 Å². The zero-order valence-electron chi connectivity index (χ0n) is 8.60. The van der Waals surface area contributed by atoms with Crippen molar-refractivity contribution in [2.45, 2.75) is 31.2 Å². The van der Waals surface area contributed by atoms with E-state index in [1.807, 2.05) is 0 Å². The highest BCUT2D eigenvalue weighted by Crippen LogP contribution is 2.39. The summed E-state index contributed by atoms with van der Waals surface area (Å²) in [5.74, 6) is 1.42. The van der Waals surface area contributed by atoms with E-state index < -0.39 is 5.54 Å². The van der Waals surface area contributed by atoms with Crippen LogP contribution in [0.5, 0.6) is 0 Å². The van der Waals surface area contributed by atoms with Crippen molar-refractivity contribution in [2.75, 3.05) is 18.5 Å². The Morgan fingerprint density at radius 2 is 2.13 bits per heavy atom. The standard InChI is InChI=1S/C9H15N3O2S/c1-9(4-13,5-14)11-8-10-7(12-15-8)6-2-3-6/h6,13-14H,2-5H2,1H3,(H,10,11,12). The molecule has 1 aliphatic carbocycles. The lowest BCUT2D eigenvalue weighted by Crippen LogP contribution is -2.42. The van der Waals surface area contributed by atoms with Crippen LogP contribution in [0.25, 0.3) is 0 Å². The van der Waals surface area contributed by atoms with E-state index in [0.717, 1.165) is 5.82 Å². The molecule has 1 saturated carbocycles. The first-order valence-corrected chi connectivity index (χ1v) is 5.78. The van der Waals surface area contributed by atoms with E-state index in [1.165, 1.54) is 24.4 Å². The molecule has 1 aromatic heterocycles. The number of nitrogens with one attached hydrogen (secondary N) is 1. The molecule has 0 saturated heterocycles. The predicted molar refractivity (Wildman–Crippen MR) is 58.1 cm³/mol. The molecule has 0 spiro atoms. The molecule has 0 unspecified atom stereocenters. The van der Waals surface area contributed by atoms with E-state index in [-0.39, 0.29) is 13.2 Å². The molecule has 0 aliphatic heterocycles. The monoisotopic (exact) mass is 229 g/mol. The molecule has 1 aromatic rings. The SMILES string of the molecule is CC(CO)(CO)Nc1nc(C2CC2)ns1. The van der Waals surface area contributed by atoms with Gasteiger partial charge in [-0.2, -0.15) is 4.37 Å². The number of nitrogens with zero attached hydrogens (tertiary/aromatic N) is 2. The van der Waals surface area contributed by atoms with Crippen LogP contribution in [0, 0.1) is 0 Å². The zero-order valence-corrected chi connectivity index (χ0v) is 9.42. The molecule has 1 heterocycles. The highest BCUT2D eigenvalue weighted by atomic mass is 32.1. The molecule has 1 fully saturated rings. The van der Waals surface area contributed by atoms with Gasteiger partial charge in [-0.15, -0.1) is 0 Å². The van der Waals surface area contributed by atoms with Crippen LogP contribution in [-0.4, -0.2) is 38.3 Å². The van der Waals surface area contributed by atoms with Gasteiger partial charge >= 0.3 is 0 Å². The normalized spacial score (nSPS) is 16.7. The van der Waals surface area contributed by atoms with Crippen molar-refractivity contribution in [3.63, 3.8) is 0 Å². The summed E-state index contributed by atoms with van der Waals surface area (Å²) in [6, 6.07) is 0. The summed E-state index contributed by atoms with van der Waals surface area (Å²) >= 11 is 1.28. The quantitative estimate of drug-likeness (QED) is 0.688. The minimum absolute atomic E-state index is 0.137. The van der Waals surface area contributed by atoms with E-state index in [4.69, 9.17) is 10.2 Å². The van der Waals surface area contributed by atoms with Gasteiger partial charge in [-0.05, 0) is 19.8 Å². The van der Waals surface area contributed by atoms with Crippen molar-refractivity contribution < 1.29 is 10.2 Å². The maximum Gasteiger partial charge on any atom is 0.203 e. The van der Waals surface area contributed by atoms with Gasteiger partial charge in [-0.3, -0.25) is 0 Å². The number of aliphatic hydroxyl groups excluding tert-OH is 2. The fraction of sp³-hybridized carbons (Fsp3) is 0.778. The van der Waals surface area contributed by atoms with E-state index in [0.29, 0.717) is 11.0 Å². The zero-order chi connectivity index (χ0) is 10.9. The summed E-state index contributed by atoms with van der Waals surface area (Å²) in [5, 5.41) is 21.9. The lowest BCUT2D eigenvalue weighted by Gasteiger charge is -2.25. The summed E-state index contributed by atoms with van der Waals surface area (Å²) in [5.41, 5.74) is -0.722. The minimum atomic E-state index is -0.722. The van der Waals surface area contributed by atoms with Crippen LogP contribution in [0.2, 0.25) is 0 Å². The molecule has 3 N–H and O–H groups in total. The van der Waals surface area contributed by atoms with Crippen LogP contribution in [-0.2, 0) is 0 Å². The molecular formula is C9H15N3O2S. The molecule has 1 aliphatic rings. The van der Waals surface area contributed by atoms with Crippen molar-refractivity contribution in [3.8, 4) is 0 Å². The fourth-order valence-corrected chi connectivity index (χ4v) is 1.98. The first-order valence-electron chi connectivity index (χ1n) is 5.00. The molecule has 0 atom stereocenters. The van der Waals surface area contributed by atoms with Gasteiger partial charge in [0.2, 0.25) is 5.13 Å². The largest absolute Gasteiger partial charge is 0.394 e. The van der Waals surface area contributed by atoms with Crippen LogP contribution < -0.4 is 5.32 Å². The van der Waals surface area contributed by atoms with Gasteiger partial charge in [0.05, 0.1) is 18.8 Å². The van der Waals surface area contributed by atoms with Crippen LogP contribution >= 0.6 is 11.5 Å². The van der Waals surface area contributed by atoms with E-state index >= 15 is 0 Å². The van der Waals surface area contributed by atoms with Gasteiger partial charge in [0.25, 0.3) is 0 Å². The summed E-state index contributed by atoms with van der Waals surface area (Å²) < 4.78 is 4.24. The molecule has 15 heavy (non-hydrogen) atoms. The highest BCUT2D eigenvalue weighted by molar-refractivity contribution is 7.09. The lowest BCUT2D eigenvalue weighted by atomic mass is 10.1. The van der Waals surface area contributed by atoms with Crippen LogP contribution in [0.1, 0.15) is 31.5 Å². The van der Waals surface area contributed by atoms with Crippen LogP contribution in [0.4, 0.5) is 5.13 Å². The Morgan fingerprint density at radius 1 is 1.47 bits per heavy atom. The Morgan fingerprint density at radius 3 is 2.67 bits per heavy atom. The number of rotatable bonds is 5. The van der Waals surface area contributed by atoms with Crippen LogP contribution in [0.3, 0.4) is 0 Å². The molecule has 0 radical (unpaired) electrons. The van der Waals surface area contributed by atoms with Gasteiger partial charge in [0, 0.05) is 17.5 Å². The van der Waals surface area contributed by atoms with Gasteiger partial charge in [-0.25, -0.2) is 4.98 Å². The number of hydrogen-bond acceptors (Lipinski definition) is 6. The van der Waals surface area contributed by atoms with E-state index in [1.54, 1.807) is 6.92 Å². The number of anilines is 1. The summed E-state index contributed by atoms with van der Waals surface area (Å²) in [6.45, 7) is 1.47. The first-order chi connectivity index (χ1) is 7.17. The average molecular weight is 229 g/mol. The summed E-state index contributed by atoms with van der Waals surface area (Å²) in [7, 11) is 0. The smallest absolute Gasteiger partial charge is 0.203 e. The summed E-state index contributed by atoms with van der Waals surface area (Å²) in [4.78, 5) is 4.33. The minimum Gasteiger partial charge on any atom is -0.394 e. The average Bonchev–Trinajstić information content (AvgIpc) is 3.00. The third-order valence-corrected chi connectivity index (χ3v) is 3.14. The number of aromatic nitrogens is 2. The van der Waals surface area contributed by atoms with Crippen molar-refractivity contribution in [1.82, 2.24) is 9.36 Å². The molecule has 5 nitrogen and oxygen atoms in total. The van der Waals surface area contributed by atoms with Crippen LogP contribution in [0.15, 0.2) is 0 Å². The molecule has 6 heteroatoms. The first kappa shape index (κ1) is 10.8. The Labute approximate surface area is 92.3 Å². The molecular weight excluding hydrogens is 214 g/mol. The predicted octanol–water partition coefficient (Wildman–Crippen LogP) is 0.571. The Bertz CT molecular complexity index is 334. The van der Waals surface area contributed by atoms with Gasteiger partial charge < -0.3 is 15.5 Å². The van der Waals surface area contributed by atoms with Crippen molar-refractivity contribution in [3.05, 3.63) is 5.82 Å². The Balaban J connectivity index is 2.02. The second-order valence-corrected chi connectivity index (χ2v) is 4.99. The van der Waals surface area contributed by atoms with Crippen molar-refractivity contribution in [1.29, 1.82) is 0 Å². The Hall–Kier alpha value is -0.720. The van der Waals surface area contributed by atoms with Gasteiger partial charge in [0.1, 0.15) is 5.82 Å². The molecule has 0 bridgehead atoms. The summed E-state index contributed by atoms with van der Waals surface area (Å²) in [6.07, 6.45) is 2.35. The molecule has 0 aromatic carbocycles. The van der Waals surface area contributed by atoms with Crippen molar-refractivity contribution in [2.24, 2.45) is 0 Å². The number of aliphatic hydroxyl groups is 2. The van der Waals surface area contributed by atoms with Gasteiger partial charge in [-0.1, -0.05) is 0 Å². The third kappa shape index (κ3) is 2.45. The third-order valence-electron chi connectivity index (χ3n) is 2.49. The van der Waals surface area contributed by atoms with Gasteiger partial charge in [0.15, 0.2) is 0 Å². The lowest BCUT2D eigenvalue weighted by molar-refractivity contribution is 0.147. The van der Waals surface area contributed by atoms with Crippen molar-refractivity contribution >= 4 is 16.7 Å². The second-order valence-electron chi connectivity index (χ2n) is 4.23. The highest BCUT2D eigenvalue weighted by Gasteiger charge is 2.29.